The van der Waals surface area contributed by atoms with Crippen LogP contribution in [0.5, 0.6) is 0 Å². The summed E-state index contributed by atoms with van der Waals surface area (Å²) in [5.74, 6) is 0.733. The summed E-state index contributed by atoms with van der Waals surface area (Å²) < 4.78 is 11.0. The van der Waals surface area contributed by atoms with Crippen molar-refractivity contribution in [1.82, 2.24) is 26.1 Å². The molecule has 0 saturated carbocycles. The fourth-order valence-corrected chi connectivity index (χ4v) is 4.21. The average Bonchev–Trinajstić information content (AvgIpc) is 3.51. The van der Waals surface area contributed by atoms with Crippen LogP contribution in [-0.2, 0) is 11.3 Å². The summed E-state index contributed by atoms with van der Waals surface area (Å²) in [5.41, 5.74) is 5.67. The van der Waals surface area contributed by atoms with E-state index >= 15 is 0 Å². The standard InChI is InChI=1S/C18H20N6O4S2/c1-11-20-13(9-29-11)15-3-2-12(28-15)8-19-17(26)23-22-16(25)14-10-30-18(21-14)24-4-6-27-7-5-24/h2-3,9-10H,4-8H2,1H3,(H,22,25)(H2,19,23,26). The molecule has 3 aromatic heterocycles. The van der Waals surface area contributed by atoms with Gasteiger partial charge in [-0.25, -0.2) is 20.2 Å². The number of ether oxygens (including phenoxy) is 1. The first-order chi connectivity index (χ1) is 14.6. The Morgan fingerprint density at radius 3 is 2.73 bits per heavy atom. The van der Waals surface area contributed by atoms with Gasteiger partial charge in [-0.05, 0) is 19.1 Å². The Kier molecular flexibility index (Phi) is 6.26. The number of amides is 3. The molecule has 0 bridgehead atoms. The molecule has 0 radical (unpaired) electrons. The van der Waals surface area contributed by atoms with Gasteiger partial charge in [0.05, 0.1) is 24.8 Å². The van der Waals surface area contributed by atoms with Gasteiger partial charge in [-0.15, -0.1) is 22.7 Å². The summed E-state index contributed by atoms with van der Waals surface area (Å²) >= 11 is 2.92. The molecule has 0 aromatic carbocycles. The number of hydrogen-bond acceptors (Lipinski definition) is 9. The second-order valence-corrected chi connectivity index (χ2v) is 8.29. The molecule has 12 heteroatoms. The van der Waals surface area contributed by atoms with E-state index in [1.807, 2.05) is 12.3 Å². The van der Waals surface area contributed by atoms with Crippen molar-refractivity contribution in [2.75, 3.05) is 31.2 Å². The number of morpholine rings is 1. The van der Waals surface area contributed by atoms with Gasteiger partial charge >= 0.3 is 6.03 Å². The minimum absolute atomic E-state index is 0.169. The third kappa shape index (κ3) is 4.96. The Morgan fingerprint density at radius 2 is 1.97 bits per heavy atom. The van der Waals surface area contributed by atoms with E-state index in [-0.39, 0.29) is 12.2 Å². The van der Waals surface area contributed by atoms with Crippen molar-refractivity contribution in [2.45, 2.75) is 13.5 Å². The monoisotopic (exact) mass is 448 g/mol. The highest BCUT2D eigenvalue weighted by molar-refractivity contribution is 7.14. The van der Waals surface area contributed by atoms with Crippen molar-refractivity contribution in [3.8, 4) is 11.5 Å². The number of carbonyl (C=O) groups is 2. The summed E-state index contributed by atoms with van der Waals surface area (Å²) in [6.45, 7) is 4.86. The fourth-order valence-electron chi connectivity index (χ4n) is 2.74. The van der Waals surface area contributed by atoms with Gasteiger partial charge < -0.3 is 19.4 Å². The van der Waals surface area contributed by atoms with Gasteiger partial charge in [-0.2, -0.15) is 0 Å². The highest BCUT2D eigenvalue weighted by atomic mass is 32.1. The molecule has 1 fully saturated rings. The van der Waals surface area contributed by atoms with E-state index in [1.165, 1.54) is 22.7 Å². The zero-order chi connectivity index (χ0) is 20.9. The molecule has 3 aromatic rings. The summed E-state index contributed by atoms with van der Waals surface area (Å²) in [7, 11) is 0. The van der Waals surface area contributed by atoms with Crippen LogP contribution in [0.4, 0.5) is 9.93 Å². The first-order valence-electron chi connectivity index (χ1n) is 9.22. The van der Waals surface area contributed by atoms with Crippen LogP contribution in [0.3, 0.4) is 0 Å². The second kappa shape index (κ2) is 9.24. The zero-order valence-corrected chi connectivity index (χ0v) is 17.8. The van der Waals surface area contributed by atoms with E-state index in [1.54, 1.807) is 17.5 Å². The molecule has 0 aliphatic carbocycles. The SMILES string of the molecule is Cc1nc(-c2ccc(CNC(=O)NNC(=O)c3csc(N4CCOCC4)n3)o2)cs1. The number of aromatic nitrogens is 2. The smallest absolute Gasteiger partial charge is 0.333 e. The van der Waals surface area contributed by atoms with Gasteiger partial charge in [-0.3, -0.25) is 10.2 Å². The largest absolute Gasteiger partial charge is 0.458 e. The highest BCUT2D eigenvalue weighted by Gasteiger charge is 2.18. The Bertz CT molecular complexity index is 1020. The molecule has 0 atom stereocenters. The third-order valence-corrected chi connectivity index (χ3v) is 5.93. The number of aryl methyl sites for hydroxylation is 1. The Balaban J connectivity index is 1.22. The van der Waals surface area contributed by atoms with Crippen molar-refractivity contribution < 1.29 is 18.7 Å². The van der Waals surface area contributed by atoms with Gasteiger partial charge in [0.1, 0.15) is 17.1 Å². The van der Waals surface area contributed by atoms with Crippen LogP contribution in [0.2, 0.25) is 0 Å². The van der Waals surface area contributed by atoms with Crippen LogP contribution < -0.4 is 21.1 Å². The predicted octanol–water partition coefficient (Wildman–Crippen LogP) is 2.15. The number of rotatable bonds is 5. The predicted molar refractivity (Wildman–Crippen MR) is 113 cm³/mol. The first-order valence-corrected chi connectivity index (χ1v) is 11.0. The van der Waals surface area contributed by atoms with Crippen molar-refractivity contribution in [1.29, 1.82) is 0 Å². The maximum atomic E-state index is 12.2. The maximum Gasteiger partial charge on any atom is 0.333 e. The molecule has 4 rings (SSSR count). The molecule has 0 unspecified atom stereocenters. The average molecular weight is 449 g/mol. The van der Waals surface area contributed by atoms with Gasteiger partial charge in [0.2, 0.25) is 0 Å². The normalized spacial score (nSPS) is 13.8. The molecular formula is C18H20N6O4S2. The minimum atomic E-state index is -0.561. The van der Waals surface area contributed by atoms with Crippen LogP contribution in [0.25, 0.3) is 11.5 Å². The van der Waals surface area contributed by atoms with Crippen molar-refractivity contribution in [3.05, 3.63) is 39.4 Å². The van der Waals surface area contributed by atoms with Crippen LogP contribution in [0.1, 0.15) is 21.3 Å². The van der Waals surface area contributed by atoms with Crippen LogP contribution >= 0.6 is 22.7 Å². The number of anilines is 1. The number of nitrogens with zero attached hydrogens (tertiary/aromatic N) is 3. The fraction of sp³-hybridized carbons (Fsp3) is 0.333. The number of urea groups is 1. The lowest BCUT2D eigenvalue weighted by Crippen LogP contribution is -2.46. The molecule has 3 amide bonds. The Morgan fingerprint density at radius 1 is 1.13 bits per heavy atom. The molecule has 1 aliphatic heterocycles. The summed E-state index contributed by atoms with van der Waals surface area (Å²) in [5, 5.41) is 7.90. The lowest BCUT2D eigenvalue weighted by Gasteiger charge is -2.25. The number of hydrazine groups is 1. The van der Waals surface area contributed by atoms with Gasteiger partial charge in [-0.1, -0.05) is 0 Å². The van der Waals surface area contributed by atoms with Gasteiger partial charge in [0.15, 0.2) is 10.9 Å². The van der Waals surface area contributed by atoms with Crippen LogP contribution in [0.15, 0.2) is 27.3 Å². The molecular weight excluding hydrogens is 428 g/mol. The summed E-state index contributed by atoms with van der Waals surface area (Å²) in [4.78, 5) is 34.9. The molecule has 3 N–H and O–H groups in total. The topological polar surface area (TPSA) is 122 Å². The second-order valence-electron chi connectivity index (χ2n) is 6.39. The zero-order valence-electron chi connectivity index (χ0n) is 16.1. The lowest BCUT2D eigenvalue weighted by atomic mass is 10.3. The molecule has 1 aliphatic rings. The third-order valence-electron chi connectivity index (χ3n) is 4.25. The molecule has 1 saturated heterocycles. The first kappa shape index (κ1) is 20.3. The number of carbonyl (C=O) groups excluding carboxylic acids is 2. The molecule has 10 nitrogen and oxygen atoms in total. The van der Waals surface area contributed by atoms with Gasteiger partial charge in [0.25, 0.3) is 5.91 Å². The van der Waals surface area contributed by atoms with E-state index in [9.17, 15) is 9.59 Å². The number of thiazole rings is 2. The molecule has 30 heavy (non-hydrogen) atoms. The minimum Gasteiger partial charge on any atom is -0.458 e. The molecule has 158 valence electrons. The van der Waals surface area contributed by atoms with Crippen molar-refractivity contribution in [3.63, 3.8) is 0 Å². The lowest BCUT2D eigenvalue weighted by molar-refractivity contribution is 0.0932. The summed E-state index contributed by atoms with van der Waals surface area (Å²) in [6.07, 6.45) is 0. The molecule has 4 heterocycles. The van der Waals surface area contributed by atoms with E-state index in [4.69, 9.17) is 9.15 Å². The van der Waals surface area contributed by atoms with E-state index < -0.39 is 11.9 Å². The highest BCUT2D eigenvalue weighted by Crippen LogP contribution is 2.24. The van der Waals surface area contributed by atoms with Crippen molar-refractivity contribution >= 4 is 39.7 Å². The maximum absolute atomic E-state index is 12.2. The van der Waals surface area contributed by atoms with E-state index in [0.717, 1.165) is 28.9 Å². The number of nitrogens with one attached hydrogen (secondary N) is 3. The van der Waals surface area contributed by atoms with Gasteiger partial charge in [0, 0.05) is 23.8 Å². The van der Waals surface area contributed by atoms with Crippen molar-refractivity contribution in [2.24, 2.45) is 0 Å². The van der Waals surface area contributed by atoms with Crippen LogP contribution in [0, 0.1) is 6.92 Å². The summed E-state index contributed by atoms with van der Waals surface area (Å²) in [6, 6.07) is 3.01. The molecule has 0 spiro atoms. The number of hydrogen-bond donors (Lipinski definition) is 3. The number of furan rings is 1. The Labute approximate surface area is 180 Å². The van der Waals surface area contributed by atoms with E-state index in [0.29, 0.717) is 24.7 Å². The Hall–Kier alpha value is -2.96. The van der Waals surface area contributed by atoms with Crippen LogP contribution in [-0.4, -0.2) is 48.2 Å². The van der Waals surface area contributed by atoms with E-state index in [2.05, 4.69) is 31.0 Å². The quantitative estimate of drug-likeness (QED) is 0.511.